The molecule has 0 saturated carbocycles. The maximum absolute atomic E-state index is 12.6. The van der Waals surface area contributed by atoms with Gasteiger partial charge in [-0.15, -0.1) is 23.5 Å². The first-order valence-electron chi connectivity index (χ1n) is 9.93. The maximum Gasteiger partial charge on any atom is 0.328 e. The molecule has 1 amide bonds. The van der Waals surface area contributed by atoms with Gasteiger partial charge >= 0.3 is 5.97 Å². The molecular weight excluding hydrogens is 408 g/mol. The van der Waals surface area contributed by atoms with Crippen molar-refractivity contribution in [1.29, 1.82) is 0 Å². The Morgan fingerprint density at radius 2 is 1.83 bits per heavy atom. The van der Waals surface area contributed by atoms with E-state index in [1.54, 1.807) is 7.11 Å². The molecule has 1 saturated heterocycles. The van der Waals surface area contributed by atoms with Crippen molar-refractivity contribution < 1.29 is 19.1 Å². The molecule has 3 N–H and O–H groups in total. The summed E-state index contributed by atoms with van der Waals surface area (Å²) in [6.07, 6.45) is 2.06. The Morgan fingerprint density at radius 3 is 2.34 bits per heavy atom. The number of hydrogen-bond donors (Lipinski definition) is 2. The summed E-state index contributed by atoms with van der Waals surface area (Å²) >= 11 is 3.80. The Kier molecular flexibility index (Phi) is 9.17. The minimum absolute atomic E-state index is 0.0230. The first-order valence-corrected chi connectivity index (χ1v) is 11.9. The van der Waals surface area contributed by atoms with Gasteiger partial charge < -0.3 is 20.5 Å². The SMILES string of the molecule is CC[C@H](C)[C@H](NC(=O)[C@@H](N)CCC1(c2ccc(OC)cc2)SCCS1)C(=O)OC. The van der Waals surface area contributed by atoms with Crippen LogP contribution in [-0.2, 0) is 18.4 Å². The number of amides is 1. The molecule has 0 unspecified atom stereocenters. The lowest BCUT2D eigenvalue weighted by Gasteiger charge is -2.29. The van der Waals surface area contributed by atoms with E-state index in [1.807, 2.05) is 49.5 Å². The van der Waals surface area contributed by atoms with E-state index in [1.165, 1.54) is 12.7 Å². The van der Waals surface area contributed by atoms with E-state index in [9.17, 15) is 9.59 Å². The van der Waals surface area contributed by atoms with E-state index >= 15 is 0 Å². The molecule has 1 aromatic carbocycles. The summed E-state index contributed by atoms with van der Waals surface area (Å²) in [7, 11) is 2.99. The zero-order chi connectivity index (χ0) is 21.4. The number of thioether (sulfide) groups is 2. The molecule has 6 nitrogen and oxygen atoms in total. The third kappa shape index (κ3) is 6.06. The van der Waals surface area contributed by atoms with Gasteiger partial charge in [0.2, 0.25) is 5.91 Å². The van der Waals surface area contributed by atoms with Crippen LogP contribution < -0.4 is 15.8 Å². The summed E-state index contributed by atoms with van der Waals surface area (Å²) in [5.41, 5.74) is 7.42. The molecule has 0 spiro atoms. The summed E-state index contributed by atoms with van der Waals surface area (Å²) in [5.74, 6) is 2.19. The van der Waals surface area contributed by atoms with Gasteiger partial charge in [-0.3, -0.25) is 4.79 Å². The monoisotopic (exact) mass is 440 g/mol. The van der Waals surface area contributed by atoms with Crippen LogP contribution in [0.1, 0.15) is 38.7 Å². The highest BCUT2D eigenvalue weighted by molar-refractivity contribution is 8.20. The number of ether oxygens (including phenoxy) is 2. The van der Waals surface area contributed by atoms with Gasteiger partial charge in [-0.1, -0.05) is 32.4 Å². The van der Waals surface area contributed by atoms with Crippen LogP contribution >= 0.6 is 23.5 Å². The molecule has 29 heavy (non-hydrogen) atoms. The summed E-state index contributed by atoms with van der Waals surface area (Å²) in [6.45, 7) is 3.89. The van der Waals surface area contributed by atoms with Crippen LogP contribution in [0, 0.1) is 5.92 Å². The fourth-order valence-corrected chi connectivity index (χ4v) is 6.58. The predicted molar refractivity (Wildman–Crippen MR) is 120 cm³/mol. The number of methoxy groups -OCH3 is 2. The molecular formula is C21H32N2O4S2. The largest absolute Gasteiger partial charge is 0.497 e. The highest BCUT2D eigenvalue weighted by Crippen LogP contribution is 2.55. The van der Waals surface area contributed by atoms with E-state index in [2.05, 4.69) is 17.4 Å². The molecule has 3 atom stereocenters. The average molecular weight is 441 g/mol. The van der Waals surface area contributed by atoms with E-state index < -0.39 is 18.1 Å². The van der Waals surface area contributed by atoms with E-state index in [0.29, 0.717) is 6.42 Å². The van der Waals surface area contributed by atoms with Gasteiger partial charge in [0.05, 0.1) is 24.3 Å². The third-order valence-electron chi connectivity index (χ3n) is 5.37. The first kappa shape index (κ1) is 23.9. The molecule has 0 bridgehead atoms. The van der Waals surface area contributed by atoms with Crippen LogP contribution in [0.4, 0.5) is 0 Å². The molecule has 2 rings (SSSR count). The molecule has 0 radical (unpaired) electrons. The van der Waals surface area contributed by atoms with Crippen molar-refractivity contribution in [2.75, 3.05) is 25.7 Å². The first-order chi connectivity index (χ1) is 13.9. The van der Waals surface area contributed by atoms with Crippen LogP contribution in [0.2, 0.25) is 0 Å². The normalized spacial score (nSPS) is 18.5. The van der Waals surface area contributed by atoms with Crippen molar-refractivity contribution in [2.45, 2.75) is 49.3 Å². The van der Waals surface area contributed by atoms with Gasteiger partial charge in [0, 0.05) is 11.5 Å². The fourth-order valence-electron chi connectivity index (χ4n) is 3.29. The lowest BCUT2D eigenvalue weighted by Crippen LogP contribution is -2.51. The minimum atomic E-state index is -0.678. The second-order valence-corrected chi connectivity index (χ2v) is 10.3. The quantitative estimate of drug-likeness (QED) is 0.540. The standard InChI is InChI=1S/C21H32N2O4S2/c1-5-14(2)18(20(25)27-4)23-19(24)17(22)10-11-21(28-12-13-29-21)15-6-8-16(26-3)9-7-15/h6-9,14,17-18H,5,10-13,22H2,1-4H3,(H,23,24)/t14-,17-,18-/m0/s1. The number of nitrogens with two attached hydrogens (primary N) is 1. The Bertz CT molecular complexity index is 678. The predicted octanol–water partition coefficient (Wildman–Crippen LogP) is 3.14. The number of rotatable bonds is 10. The van der Waals surface area contributed by atoms with Crippen LogP contribution in [0.15, 0.2) is 24.3 Å². The zero-order valence-electron chi connectivity index (χ0n) is 17.6. The molecule has 1 heterocycles. The minimum Gasteiger partial charge on any atom is -0.497 e. The second kappa shape index (κ2) is 11.1. The molecule has 1 aromatic rings. The molecule has 8 heteroatoms. The van der Waals surface area contributed by atoms with E-state index in [-0.39, 0.29) is 15.9 Å². The van der Waals surface area contributed by atoms with Crippen LogP contribution in [0.3, 0.4) is 0 Å². The van der Waals surface area contributed by atoms with Gasteiger partial charge in [-0.2, -0.15) is 0 Å². The van der Waals surface area contributed by atoms with E-state index in [4.69, 9.17) is 15.2 Å². The second-order valence-electron chi connectivity index (χ2n) is 7.22. The Labute approximate surface area is 182 Å². The Balaban J connectivity index is 2.03. The summed E-state index contributed by atoms with van der Waals surface area (Å²) < 4.78 is 9.99. The molecule has 1 aliphatic rings. The number of carbonyl (C=O) groups is 2. The highest BCUT2D eigenvalue weighted by Gasteiger charge is 2.38. The number of nitrogens with one attached hydrogen (secondary N) is 1. The fraction of sp³-hybridized carbons (Fsp3) is 0.619. The van der Waals surface area contributed by atoms with Gasteiger partial charge in [0.25, 0.3) is 0 Å². The van der Waals surface area contributed by atoms with Gasteiger partial charge in [-0.05, 0) is 36.5 Å². The molecule has 1 aliphatic heterocycles. The van der Waals surface area contributed by atoms with Crippen molar-refractivity contribution in [3.05, 3.63) is 29.8 Å². The average Bonchev–Trinajstić information content (AvgIpc) is 3.24. The van der Waals surface area contributed by atoms with Crippen LogP contribution in [0.5, 0.6) is 5.75 Å². The maximum atomic E-state index is 12.6. The van der Waals surface area contributed by atoms with Crippen molar-refractivity contribution in [1.82, 2.24) is 5.32 Å². The zero-order valence-corrected chi connectivity index (χ0v) is 19.2. The van der Waals surface area contributed by atoms with Crippen molar-refractivity contribution in [2.24, 2.45) is 11.7 Å². The van der Waals surface area contributed by atoms with Crippen molar-refractivity contribution in [3.63, 3.8) is 0 Å². The number of esters is 1. The lowest BCUT2D eigenvalue weighted by atomic mass is 9.98. The van der Waals surface area contributed by atoms with Crippen LogP contribution in [-0.4, -0.2) is 49.7 Å². The molecule has 0 aliphatic carbocycles. The summed E-state index contributed by atoms with van der Waals surface area (Å²) in [5, 5.41) is 2.79. The Hall–Kier alpha value is -1.38. The number of carbonyl (C=O) groups excluding carboxylic acids is 2. The smallest absolute Gasteiger partial charge is 0.328 e. The third-order valence-corrected chi connectivity index (χ3v) is 8.97. The van der Waals surface area contributed by atoms with Crippen molar-refractivity contribution in [3.8, 4) is 5.75 Å². The van der Waals surface area contributed by atoms with Gasteiger partial charge in [0.1, 0.15) is 11.8 Å². The van der Waals surface area contributed by atoms with Gasteiger partial charge in [-0.25, -0.2) is 4.79 Å². The molecule has 162 valence electrons. The van der Waals surface area contributed by atoms with Crippen LogP contribution in [0.25, 0.3) is 0 Å². The van der Waals surface area contributed by atoms with Gasteiger partial charge in [0.15, 0.2) is 0 Å². The lowest BCUT2D eigenvalue weighted by molar-refractivity contribution is -0.146. The Morgan fingerprint density at radius 1 is 1.21 bits per heavy atom. The highest BCUT2D eigenvalue weighted by atomic mass is 32.2. The van der Waals surface area contributed by atoms with E-state index in [0.717, 1.165) is 30.1 Å². The van der Waals surface area contributed by atoms with Crippen molar-refractivity contribution >= 4 is 35.4 Å². The number of hydrogen-bond acceptors (Lipinski definition) is 7. The molecule has 1 fully saturated rings. The topological polar surface area (TPSA) is 90.7 Å². The summed E-state index contributed by atoms with van der Waals surface area (Å²) in [6, 6.07) is 6.77. The summed E-state index contributed by atoms with van der Waals surface area (Å²) in [4.78, 5) is 24.7. The molecule has 0 aromatic heterocycles. The number of benzene rings is 1.